The predicted octanol–water partition coefficient (Wildman–Crippen LogP) is 2.98. The quantitative estimate of drug-likeness (QED) is 0.873. The van der Waals surface area contributed by atoms with Crippen molar-refractivity contribution < 1.29 is 9.53 Å². The van der Waals surface area contributed by atoms with E-state index in [9.17, 15) is 4.79 Å². The highest BCUT2D eigenvalue weighted by molar-refractivity contribution is 5.85. The summed E-state index contributed by atoms with van der Waals surface area (Å²) in [5.41, 5.74) is 7.89. The van der Waals surface area contributed by atoms with Crippen LogP contribution in [-0.2, 0) is 4.79 Å². The molecule has 5 heteroatoms. The van der Waals surface area contributed by atoms with Gasteiger partial charge in [0, 0.05) is 0 Å². The van der Waals surface area contributed by atoms with E-state index in [0.29, 0.717) is 6.61 Å². The van der Waals surface area contributed by atoms with Crippen molar-refractivity contribution in [3.8, 4) is 5.75 Å². The lowest BCUT2D eigenvalue weighted by atomic mass is 9.87. The molecule has 0 spiro atoms. The molecule has 1 aromatic rings. The molecular formula is C17H29ClN2O2. The van der Waals surface area contributed by atoms with Crippen LogP contribution in [0.25, 0.3) is 0 Å². The molecule has 0 aromatic heterocycles. The number of ether oxygens (including phenoxy) is 1. The van der Waals surface area contributed by atoms with E-state index in [4.69, 9.17) is 10.5 Å². The molecule has 1 amide bonds. The Morgan fingerprint density at radius 3 is 2.23 bits per heavy atom. The van der Waals surface area contributed by atoms with Crippen LogP contribution in [0, 0.1) is 19.3 Å². The number of benzene rings is 1. The van der Waals surface area contributed by atoms with Gasteiger partial charge in [-0.05, 0) is 37.3 Å². The molecule has 0 fully saturated rings. The van der Waals surface area contributed by atoms with Crippen molar-refractivity contribution in [1.82, 2.24) is 5.32 Å². The largest absolute Gasteiger partial charge is 0.491 e. The molecule has 0 heterocycles. The standard InChI is InChI=1S/C17H28N2O2.ClH/c1-11-8-7-9-12(2)14(11)21-10-13(3)19-16(20)15(18)17(4,5)6;/h7-9,13,15H,10,18H2,1-6H3,(H,19,20);1H/t13?,15-;/m1./s1. The van der Waals surface area contributed by atoms with Gasteiger partial charge in [-0.25, -0.2) is 0 Å². The minimum atomic E-state index is -0.528. The first-order chi connectivity index (χ1) is 9.62. The Labute approximate surface area is 140 Å². The minimum Gasteiger partial charge on any atom is -0.491 e. The fourth-order valence-corrected chi connectivity index (χ4v) is 2.00. The van der Waals surface area contributed by atoms with E-state index < -0.39 is 6.04 Å². The van der Waals surface area contributed by atoms with E-state index in [1.807, 2.05) is 59.7 Å². The van der Waals surface area contributed by atoms with Gasteiger partial charge in [0.1, 0.15) is 12.4 Å². The van der Waals surface area contributed by atoms with Gasteiger partial charge in [-0.3, -0.25) is 4.79 Å². The first kappa shape index (κ1) is 20.7. The number of rotatable bonds is 5. The number of amides is 1. The van der Waals surface area contributed by atoms with Crippen LogP contribution in [0.5, 0.6) is 5.75 Å². The van der Waals surface area contributed by atoms with E-state index in [-0.39, 0.29) is 29.8 Å². The Bertz CT molecular complexity index is 478. The Balaban J connectivity index is 0.00000441. The van der Waals surface area contributed by atoms with Crippen molar-refractivity contribution in [2.75, 3.05) is 6.61 Å². The summed E-state index contributed by atoms with van der Waals surface area (Å²) >= 11 is 0. The van der Waals surface area contributed by atoms with Crippen molar-refractivity contribution in [1.29, 1.82) is 0 Å². The van der Waals surface area contributed by atoms with Crippen LogP contribution in [0.3, 0.4) is 0 Å². The van der Waals surface area contributed by atoms with Crippen molar-refractivity contribution in [2.24, 2.45) is 11.1 Å². The van der Waals surface area contributed by atoms with E-state index in [1.165, 1.54) is 0 Å². The third-order valence-corrected chi connectivity index (χ3v) is 3.49. The van der Waals surface area contributed by atoms with Gasteiger partial charge in [0.15, 0.2) is 0 Å². The summed E-state index contributed by atoms with van der Waals surface area (Å²) < 4.78 is 5.84. The predicted molar refractivity (Wildman–Crippen MR) is 93.7 cm³/mol. The first-order valence-electron chi connectivity index (χ1n) is 7.38. The normalized spacial score (nSPS) is 13.8. The average Bonchev–Trinajstić information content (AvgIpc) is 2.36. The molecule has 4 nitrogen and oxygen atoms in total. The molecule has 2 atom stereocenters. The van der Waals surface area contributed by atoms with Crippen LogP contribution in [0.1, 0.15) is 38.8 Å². The monoisotopic (exact) mass is 328 g/mol. The van der Waals surface area contributed by atoms with Crippen LogP contribution in [0.15, 0.2) is 18.2 Å². The van der Waals surface area contributed by atoms with Gasteiger partial charge in [-0.15, -0.1) is 12.4 Å². The number of halogens is 1. The fourth-order valence-electron chi connectivity index (χ4n) is 2.00. The molecule has 1 rings (SSSR count). The van der Waals surface area contributed by atoms with Gasteiger partial charge in [-0.2, -0.15) is 0 Å². The number of nitrogens with one attached hydrogen (secondary N) is 1. The number of carbonyl (C=O) groups is 1. The summed E-state index contributed by atoms with van der Waals surface area (Å²) in [6.45, 7) is 12.2. The lowest BCUT2D eigenvalue weighted by molar-refractivity contribution is -0.125. The van der Waals surface area contributed by atoms with Crippen molar-refractivity contribution >= 4 is 18.3 Å². The summed E-state index contributed by atoms with van der Waals surface area (Å²) in [6.07, 6.45) is 0. The van der Waals surface area contributed by atoms with Crippen LogP contribution < -0.4 is 15.8 Å². The molecule has 0 bridgehead atoms. The highest BCUT2D eigenvalue weighted by Crippen LogP contribution is 2.22. The zero-order valence-corrected chi connectivity index (χ0v) is 15.2. The number of hydrogen-bond donors (Lipinski definition) is 2. The second-order valence-electron chi connectivity index (χ2n) is 6.79. The van der Waals surface area contributed by atoms with Gasteiger partial charge >= 0.3 is 0 Å². The highest BCUT2D eigenvalue weighted by Gasteiger charge is 2.28. The van der Waals surface area contributed by atoms with Gasteiger partial charge in [0.05, 0.1) is 12.1 Å². The number of para-hydroxylation sites is 1. The average molecular weight is 329 g/mol. The molecule has 0 saturated carbocycles. The van der Waals surface area contributed by atoms with Gasteiger partial charge in [0.25, 0.3) is 0 Å². The van der Waals surface area contributed by atoms with Crippen LogP contribution in [0.2, 0.25) is 0 Å². The molecule has 3 N–H and O–H groups in total. The minimum absolute atomic E-state index is 0. The van der Waals surface area contributed by atoms with Crippen molar-refractivity contribution in [3.63, 3.8) is 0 Å². The number of hydrogen-bond acceptors (Lipinski definition) is 3. The van der Waals surface area contributed by atoms with Crippen LogP contribution in [-0.4, -0.2) is 24.6 Å². The summed E-state index contributed by atoms with van der Waals surface area (Å²) in [5, 5.41) is 2.91. The number of nitrogens with two attached hydrogens (primary N) is 1. The zero-order valence-electron chi connectivity index (χ0n) is 14.4. The fraction of sp³-hybridized carbons (Fsp3) is 0.588. The third kappa shape index (κ3) is 5.85. The molecule has 22 heavy (non-hydrogen) atoms. The Hall–Kier alpha value is -1.26. The molecule has 0 aliphatic heterocycles. The zero-order chi connectivity index (χ0) is 16.2. The molecule has 0 aliphatic carbocycles. The lowest BCUT2D eigenvalue weighted by Crippen LogP contribution is -2.51. The van der Waals surface area contributed by atoms with Gasteiger partial charge in [-0.1, -0.05) is 39.0 Å². The maximum Gasteiger partial charge on any atom is 0.237 e. The van der Waals surface area contributed by atoms with Crippen LogP contribution >= 0.6 is 12.4 Å². The highest BCUT2D eigenvalue weighted by atomic mass is 35.5. The van der Waals surface area contributed by atoms with Crippen LogP contribution in [0.4, 0.5) is 0 Å². The smallest absolute Gasteiger partial charge is 0.237 e. The topological polar surface area (TPSA) is 64.3 Å². The molecule has 0 aliphatic rings. The molecule has 126 valence electrons. The van der Waals surface area contributed by atoms with E-state index in [2.05, 4.69) is 5.32 Å². The second kappa shape index (κ2) is 8.39. The molecule has 0 radical (unpaired) electrons. The second-order valence-corrected chi connectivity index (χ2v) is 6.79. The van der Waals surface area contributed by atoms with Crippen molar-refractivity contribution in [3.05, 3.63) is 29.3 Å². The lowest BCUT2D eigenvalue weighted by Gasteiger charge is -2.27. The number of carbonyl (C=O) groups excluding carboxylic acids is 1. The maximum absolute atomic E-state index is 12.1. The Morgan fingerprint density at radius 1 is 1.27 bits per heavy atom. The summed E-state index contributed by atoms with van der Waals surface area (Å²) in [4.78, 5) is 12.1. The molecule has 1 unspecified atom stereocenters. The number of aryl methyl sites for hydroxylation is 2. The molecular weight excluding hydrogens is 300 g/mol. The SMILES string of the molecule is Cc1cccc(C)c1OCC(C)NC(=O)[C@@H](N)C(C)(C)C.Cl. The molecule has 1 aromatic carbocycles. The van der Waals surface area contributed by atoms with E-state index >= 15 is 0 Å². The third-order valence-electron chi connectivity index (χ3n) is 3.49. The summed E-state index contributed by atoms with van der Waals surface area (Å²) in [5.74, 6) is 0.749. The first-order valence-corrected chi connectivity index (χ1v) is 7.38. The van der Waals surface area contributed by atoms with E-state index in [0.717, 1.165) is 16.9 Å². The van der Waals surface area contributed by atoms with E-state index in [1.54, 1.807) is 0 Å². The summed E-state index contributed by atoms with van der Waals surface area (Å²) in [6, 6.07) is 5.41. The van der Waals surface area contributed by atoms with Gasteiger partial charge < -0.3 is 15.8 Å². The molecule has 0 saturated heterocycles. The Morgan fingerprint density at radius 2 is 1.77 bits per heavy atom. The van der Waals surface area contributed by atoms with Crippen molar-refractivity contribution in [2.45, 2.75) is 53.6 Å². The van der Waals surface area contributed by atoms with Gasteiger partial charge in [0.2, 0.25) is 5.91 Å². The Kier molecular flexibility index (Phi) is 7.91. The maximum atomic E-state index is 12.1. The summed E-state index contributed by atoms with van der Waals surface area (Å²) in [7, 11) is 0.